The second-order valence-electron chi connectivity index (χ2n) is 5.10. The maximum Gasteiger partial charge on any atom is 0.343 e. The molecule has 0 radical (unpaired) electrons. The van der Waals surface area contributed by atoms with E-state index in [0.717, 1.165) is 15.0 Å². The van der Waals surface area contributed by atoms with E-state index in [9.17, 15) is 4.79 Å². The van der Waals surface area contributed by atoms with Crippen molar-refractivity contribution in [2.24, 2.45) is 5.92 Å². The molecule has 0 bridgehead atoms. The summed E-state index contributed by atoms with van der Waals surface area (Å²) in [7, 11) is 0. The third-order valence-electron chi connectivity index (χ3n) is 3.04. The highest BCUT2D eigenvalue weighted by atomic mass is 35.5. The van der Waals surface area contributed by atoms with Gasteiger partial charge in [-0.25, -0.2) is 9.89 Å². The molecule has 0 aliphatic heterocycles. The molecule has 0 spiro atoms. The Morgan fingerprint density at radius 1 is 1.40 bits per heavy atom. The van der Waals surface area contributed by atoms with Crippen LogP contribution in [0.5, 0.6) is 0 Å². The number of rotatable bonds is 3. The molecule has 6 heteroatoms. The number of aromatic nitrogens is 3. The molecule has 3 rings (SSSR count). The molecule has 0 aliphatic rings. The van der Waals surface area contributed by atoms with Crippen molar-refractivity contribution in [2.45, 2.75) is 20.4 Å². The van der Waals surface area contributed by atoms with Gasteiger partial charge in [0.1, 0.15) is 0 Å². The highest BCUT2D eigenvalue weighted by molar-refractivity contribution is 7.23. The molecule has 2 aromatic heterocycles. The number of hydrogen-bond acceptors (Lipinski definition) is 3. The van der Waals surface area contributed by atoms with Crippen LogP contribution in [0.25, 0.3) is 20.8 Å². The summed E-state index contributed by atoms with van der Waals surface area (Å²) in [5.74, 6) is 0.979. The number of halogens is 1. The monoisotopic (exact) mass is 307 g/mol. The first-order valence-electron chi connectivity index (χ1n) is 6.40. The van der Waals surface area contributed by atoms with Gasteiger partial charge in [0.25, 0.3) is 0 Å². The number of nitrogens with one attached hydrogen (secondary N) is 1. The largest absolute Gasteiger partial charge is 0.343 e. The van der Waals surface area contributed by atoms with Gasteiger partial charge in [0.15, 0.2) is 5.82 Å². The molecule has 0 saturated carbocycles. The zero-order valence-corrected chi connectivity index (χ0v) is 12.8. The van der Waals surface area contributed by atoms with Crippen LogP contribution in [0.4, 0.5) is 0 Å². The highest BCUT2D eigenvalue weighted by Crippen LogP contribution is 2.40. The van der Waals surface area contributed by atoms with Gasteiger partial charge in [-0.2, -0.15) is 5.10 Å². The van der Waals surface area contributed by atoms with E-state index in [1.807, 2.05) is 24.3 Å². The van der Waals surface area contributed by atoms with E-state index in [4.69, 9.17) is 11.6 Å². The normalized spacial score (nSPS) is 11.6. The third-order valence-corrected chi connectivity index (χ3v) is 4.72. The molecule has 0 saturated heterocycles. The lowest BCUT2D eigenvalue weighted by Gasteiger charge is -2.07. The number of fused-ring (bicyclic) bond motifs is 1. The lowest BCUT2D eigenvalue weighted by atomic mass is 10.2. The first-order valence-corrected chi connectivity index (χ1v) is 7.60. The second kappa shape index (κ2) is 5.07. The van der Waals surface area contributed by atoms with Crippen LogP contribution in [0.3, 0.4) is 0 Å². The molecule has 0 unspecified atom stereocenters. The molecular weight excluding hydrogens is 294 g/mol. The summed E-state index contributed by atoms with van der Waals surface area (Å²) in [5.41, 5.74) is -0.192. The maximum absolute atomic E-state index is 11.9. The van der Waals surface area contributed by atoms with E-state index >= 15 is 0 Å². The van der Waals surface area contributed by atoms with Crippen LogP contribution in [0.1, 0.15) is 13.8 Å². The minimum atomic E-state index is -0.192. The molecule has 1 aromatic carbocycles. The van der Waals surface area contributed by atoms with Crippen LogP contribution in [-0.4, -0.2) is 14.8 Å². The molecule has 2 heterocycles. The van der Waals surface area contributed by atoms with Crippen LogP contribution in [0.2, 0.25) is 5.02 Å². The van der Waals surface area contributed by atoms with Gasteiger partial charge in [0.2, 0.25) is 0 Å². The molecule has 0 amide bonds. The van der Waals surface area contributed by atoms with Crippen LogP contribution < -0.4 is 5.69 Å². The van der Waals surface area contributed by atoms with E-state index in [2.05, 4.69) is 24.0 Å². The Balaban J connectivity index is 2.21. The van der Waals surface area contributed by atoms with E-state index < -0.39 is 0 Å². The fraction of sp³-hybridized carbons (Fsp3) is 0.286. The quantitative estimate of drug-likeness (QED) is 0.801. The smallest absolute Gasteiger partial charge is 0.274 e. The van der Waals surface area contributed by atoms with Crippen LogP contribution in [0.15, 0.2) is 29.1 Å². The SMILES string of the molecule is CC(C)Cn1c(-c2sc3ccccc3c2Cl)n[nH]c1=O. The molecule has 4 nitrogen and oxygen atoms in total. The topological polar surface area (TPSA) is 50.7 Å². The summed E-state index contributed by atoms with van der Waals surface area (Å²) in [6, 6.07) is 7.93. The predicted molar refractivity (Wildman–Crippen MR) is 83.5 cm³/mol. The number of nitrogens with zero attached hydrogens (tertiary/aromatic N) is 2. The van der Waals surface area contributed by atoms with Gasteiger partial charge < -0.3 is 0 Å². The number of hydrogen-bond donors (Lipinski definition) is 1. The van der Waals surface area contributed by atoms with Gasteiger partial charge >= 0.3 is 5.69 Å². The molecule has 1 N–H and O–H groups in total. The molecule has 0 atom stereocenters. The van der Waals surface area contributed by atoms with Crippen molar-refractivity contribution in [3.8, 4) is 10.7 Å². The minimum Gasteiger partial charge on any atom is -0.274 e. The van der Waals surface area contributed by atoms with Gasteiger partial charge in [-0.15, -0.1) is 11.3 Å². The number of benzene rings is 1. The van der Waals surface area contributed by atoms with Crippen LogP contribution in [-0.2, 0) is 6.54 Å². The van der Waals surface area contributed by atoms with Gasteiger partial charge in [-0.05, 0) is 12.0 Å². The minimum absolute atomic E-state index is 0.192. The van der Waals surface area contributed by atoms with Gasteiger partial charge in [-0.1, -0.05) is 43.6 Å². The van der Waals surface area contributed by atoms with E-state index in [1.54, 1.807) is 15.9 Å². The molecular formula is C14H14ClN3OS. The van der Waals surface area contributed by atoms with E-state index in [1.165, 1.54) is 0 Å². The zero-order valence-electron chi connectivity index (χ0n) is 11.2. The Morgan fingerprint density at radius 2 is 2.15 bits per heavy atom. The van der Waals surface area contributed by atoms with Crippen molar-refractivity contribution in [2.75, 3.05) is 0 Å². The predicted octanol–water partition coefficient (Wildman–Crippen LogP) is 3.76. The fourth-order valence-corrected chi connectivity index (χ4v) is 3.70. The summed E-state index contributed by atoms with van der Waals surface area (Å²) in [6.07, 6.45) is 0. The standard InChI is InChI=1S/C14H14ClN3OS/c1-8(2)7-18-13(16-17-14(18)19)12-11(15)9-5-3-4-6-10(9)20-12/h3-6,8H,7H2,1-2H3,(H,17,19). The Kier molecular flexibility index (Phi) is 3.40. The summed E-state index contributed by atoms with van der Waals surface area (Å²) in [4.78, 5) is 12.7. The first kappa shape index (κ1) is 13.4. The van der Waals surface area contributed by atoms with E-state index in [0.29, 0.717) is 23.3 Å². The summed E-state index contributed by atoms with van der Waals surface area (Å²) in [6.45, 7) is 4.75. The van der Waals surface area contributed by atoms with Crippen molar-refractivity contribution >= 4 is 33.0 Å². The average molecular weight is 308 g/mol. The molecule has 0 fully saturated rings. The van der Waals surface area contributed by atoms with Crippen molar-refractivity contribution in [1.29, 1.82) is 0 Å². The third kappa shape index (κ3) is 2.17. The summed E-state index contributed by atoms with van der Waals surface area (Å²) >= 11 is 8.01. The number of thiophene rings is 1. The Hall–Kier alpha value is -1.59. The number of aromatic amines is 1. The zero-order chi connectivity index (χ0) is 14.3. The van der Waals surface area contributed by atoms with Crippen LogP contribution in [0, 0.1) is 5.92 Å². The fourth-order valence-electron chi connectivity index (χ4n) is 2.18. The molecule has 3 aromatic rings. The van der Waals surface area contributed by atoms with Gasteiger partial charge in [-0.3, -0.25) is 4.57 Å². The summed E-state index contributed by atoms with van der Waals surface area (Å²) in [5, 5.41) is 8.33. The number of H-pyrrole nitrogens is 1. The average Bonchev–Trinajstić information content (AvgIpc) is 2.92. The van der Waals surface area contributed by atoms with Gasteiger partial charge in [0, 0.05) is 16.6 Å². The van der Waals surface area contributed by atoms with Crippen LogP contribution >= 0.6 is 22.9 Å². The lowest BCUT2D eigenvalue weighted by molar-refractivity contribution is 0.515. The van der Waals surface area contributed by atoms with E-state index in [-0.39, 0.29) is 5.69 Å². The van der Waals surface area contributed by atoms with Crippen molar-refractivity contribution in [3.63, 3.8) is 0 Å². The Labute approximate surface area is 125 Å². The first-order chi connectivity index (χ1) is 9.58. The van der Waals surface area contributed by atoms with Crippen molar-refractivity contribution in [3.05, 3.63) is 39.8 Å². The summed E-state index contributed by atoms with van der Waals surface area (Å²) < 4.78 is 2.75. The van der Waals surface area contributed by atoms with Crippen molar-refractivity contribution < 1.29 is 0 Å². The highest BCUT2D eigenvalue weighted by Gasteiger charge is 2.18. The maximum atomic E-state index is 11.9. The molecule has 0 aliphatic carbocycles. The molecule has 104 valence electrons. The molecule has 20 heavy (non-hydrogen) atoms. The van der Waals surface area contributed by atoms with Gasteiger partial charge in [0.05, 0.1) is 9.90 Å². The lowest BCUT2D eigenvalue weighted by Crippen LogP contribution is -2.20. The Morgan fingerprint density at radius 3 is 2.85 bits per heavy atom. The Bertz CT molecular complexity index is 815. The van der Waals surface area contributed by atoms with Crippen molar-refractivity contribution in [1.82, 2.24) is 14.8 Å². The second-order valence-corrected chi connectivity index (χ2v) is 6.53.